The average molecular weight is 372 g/mol. The van der Waals surface area contributed by atoms with Crippen LogP contribution in [0.4, 0.5) is 5.69 Å². The van der Waals surface area contributed by atoms with Gasteiger partial charge in [0.25, 0.3) is 0 Å². The van der Waals surface area contributed by atoms with Crippen LogP contribution in [0.5, 0.6) is 0 Å². The second-order valence-electron chi connectivity index (χ2n) is 6.62. The molecule has 4 rings (SSSR count). The Labute approximate surface area is 155 Å². The standard InChI is InChI=1S/C18H20N4O3S/c1-25-17(24)12-4-6-13(7-5-12)19-15(23)10-26-18-21-20-16(11-2-3-11)22(18)14-8-9-14/h4-7,11,14H,2-3,8-10H2,1H3,(H,19,23). The largest absolute Gasteiger partial charge is 0.465 e. The minimum Gasteiger partial charge on any atom is -0.465 e. The number of ether oxygens (including phenoxy) is 1. The molecule has 2 aliphatic rings. The van der Waals surface area contributed by atoms with Crippen molar-refractivity contribution in [2.75, 3.05) is 18.2 Å². The van der Waals surface area contributed by atoms with Gasteiger partial charge >= 0.3 is 5.97 Å². The summed E-state index contributed by atoms with van der Waals surface area (Å²) >= 11 is 1.42. The van der Waals surface area contributed by atoms with Gasteiger partial charge in [0, 0.05) is 17.6 Å². The van der Waals surface area contributed by atoms with Gasteiger partial charge in [0.15, 0.2) is 5.16 Å². The molecule has 26 heavy (non-hydrogen) atoms. The first-order valence-corrected chi connectivity index (χ1v) is 9.70. The van der Waals surface area contributed by atoms with E-state index in [4.69, 9.17) is 0 Å². The summed E-state index contributed by atoms with van der Waals surface area (Å²) in [5, 5.41) is 12.3. The van der Waals surface area contributed by atoms with Crippen LogP contribution in [0.25, 0.3) is 0 Å². The summed E-state index contributed by atoms with van der Waals surface area (Å²) in [5.74, 6) is 1.41. The van der Waals surface area contributed by atoms with Crippen molar-refractivity contribution in [2.24, 2.45) is 0 Å². The smallest absolute Gasteiger partial charge is 0.337 e. The summed E-state index contributed by atoms with van der Waals surface area (Å²) in [4.78, 5) is 23.7. The van der Waals surface area contributed by atoms with Gasteiger partial charge in [-0.3, -0.25) is 4.79 Å². The number of hydrogen-bond donors (Lipinski definition) is 1. The Morgan fingerprint density at radius 1 is 1.19 bits per heavy atom. The molecular weight excluding hydrogens is 352 g/mol. The number of hydrogen-bond acceptors (Lipinski definition) is 6. The van der Waals surface area contributed by atoms with Crippen LogP contribution in [0.3, 0.4) is 0 Å². The van der Waals surface area contributed by atoms with Gasteiger partial charge in [-0.05, 0) is 49.9 Å². The number of amides is 1. The van der Waals surface area contributed by atoms with Crippen molar-refractivity contribution in [3.8, 4) is 0 Å². The molecule has 7 nitrogen and oxygen atoms in total. The van der Waals surface area contributed by atoms with Gasteiger partial charge in [-0.1, -0.05) is 11.8 Å². The van der Waals surface area contributed by atoms with E-state index in [2.05, 4.69) is 24.8 Å². The zero-order valence-electron chi connectivity index (χ0n) is 14.5. The molecule has 0 unspecified atom stereocenters. The molecule has 8 heteroatoms. The van der Waals surface area contributed by atoms with Crippen molar-refractivity contribution in [1.29, 1.82) is 0 Å². The van der Waals surface area contributed by atoms with Crippen LogP contribution in [0.2, 0.25) is 0 Å². The van der Waals surface area contributed by atoms with Crippen LogP contribution in [0, 0.1) is 0 Å². The molecule has 0 saturated heterocycles. The maximum absolute atomic E-state index is 12.2. The molecule has 2 saturated carbocycles. The van der Waals surface area contributed by atoms with Crippen LogP contribution < -0.4 is 5.32 Å². The predicted octanol–water partition coefficient (Wildman–Crippen LogP) is 3.01. The number of rotatable bonds is 7. The molecule has 136 valence electrons. The first kappa shape index (κ1) is 17.1. The molecule has 1 heterocycles. The van der Waals surface area contributed by atoms with E-state index in [-0.39, 0.29) is 11.7 Å². The lowest BCUT2D eigenvalue weighted by Gasteiger charge is -2.08. The Kier molecular flexibility index (Phi) is 4.67. The fourth-order valence-corrected chi connectivity index (χ4v) is 3.63. The lowest BCUT2D eigenvalue weighted by molar-refractivity contribution is -0.113. The maximum atomic E-state index is 12.2. The molecule has 1 aromatic heterocycles. The minimum absolute atomic E-state index is 0.112. The molecule has 1 N–H and O–H groups in total. The molecular formula is C18H20N4O3S. The number of benzene rings is 1. The van der Waals surface area contributed by atoms with Crippen molar-refractivity contribution in [3.05, 3.63) is 35.7 Å². The van der Waals surface area contributed by atoms with Gasteiger partial charge < -0.3 is 14.6 Å². The third-order valence-corrected chi connectivity index (χ3v) is 5.41. The highest BCUT2D eigenvalue weighted by Gasteiger charge is 2.36. The number of nitrogens with one attached hydrogen (secondary N) is 1. The fraction of sp³-hybridized carbons (Fsp3) is 0.444. The molecule has 2 aliphatic carbocycles. The fourth-order valence-electron chi connectivity index (χ4n) is 2.82. The number of nitrogens with zero attached hydrogens (tertiary/aromatic N) is 3. The van der Waals surface area contributed by atoms with E-state index in [1.54, 1.807) is 24.3 Å². The van der Waals surface area contributed by atoms with Crippen LogP contribution >= 0.6 is 11.8 Å². The van der Waals surface area contributed by atoms with Gasteiger partial charge in [-0.25, -0.2) is 4.79 Å². The first-order valence-electron chi connectivity index (χ1n) is 8.71. The first-order chi connectivity index (χ1) is 12.7. The zero-order chi connectivity index (χ0) is 18.1. The predicted molar refractivity (Wildman–Crippen MR) is 97.4 cm³/mol. The van der Waals surface area contributed by atoms with E-state index in [0.29, 0.717) is 23.2 Å². The van der Waals surface area contributed by atoms with E-state index in [1.807, 2.05) is 0 Å². The molecule has 0 atom stereocenters. The second kappa shape index (κ2) is 7.11. The molecule has 1 aromatic carbocycles. The van der Waals surface area contributed by atoms with E-state index in [1.165, 1.54) is 44.6 Å². The quantitative estimate of drug-likeness (QED) is 0.594. The van der Waals surface area contributed by atoms with Crippen LogP contribution in [0.15, 0.2) is 29.4 Å². The molecule has 1 amide bonds. The molecule has 2 aromatic rings. The Morgan fingerprint density at radius 2 is 1.92 bits per heavy atom. The number of anilines is 1. The van der Waals surface area contributed by atoms with Crippen molar-refractivity contribution in [3.63, 3.8) is 0 Å². The third-order valence-electron chi connectivity index (χ3n) is 4.47. The van der Waals surface area contributed by atoms with Crippen molar-refractivity contribution < 1.29 is 14.3 Å². The average Bonchev–Trinajstić information content (AvgIpc) is 3.58. The summed E-state index contributed by atoms with van der Waals surface area (Å²) in [6.07, 6.45) is 4.73. The van der Waals surface area contributed by atoms with Gasteiger partial charge in [-0.15, -0.1) is 10.2 Å². The summed E-state index contributed by atoms with van der Waals surface area (Å²) in [5.41, 5.74) is 1.09. The molecule has 0 spiro atoms. The van der Waals surface area contributed by atoms with Crippen molar-refractivity contribution >= 4 is 29.3 Å². The maximum Gasteiger partial charge on any atom is 0.337 e. The van der Waals surface area contributed by atoms with E-state index in [9.17, 15) is 9.59 Å². The number of carbonyl (C=O) groups excluding carboxylic acids is 2. The number of thioether (sulfide) groups is 1. The lowest BCUT2D eigenvalue weighted by atomic mass is 10.2. The Hall–Kier alpha value is -2.35. The SMILES string of the molecule is COC(=O)c1ccc(NC(=O)CSc2nnc(C3CC3)n2C2CC2)cc1. The third kappa shape index (κ3) is 3.75. The summed E-state index contributed by atoms with van der Waals surface area (Å²) in [6, 6.07) is 7.14. The topological polar surface area (TPSA) is 86.1 Å². The highest BCUT2D eigenvalue weighted by Crippen LogP contribution is 2.45. The number of aromatic nitrogens is 3. The second-order valence-corrected chi connectivity index (χ2v) is 7.56. The van der Waals surface area contributed by atoms with E-state index >= 15 is 0 Å². The zero-order valence-corrected chi connectivity index (χ0v) is 15.3. The number of esters is 1. The Morgan fingerprint density at radius 3 is 2.54 bits per heavy atom. The summed E-state index contributed by atoms with van der Waals surface area (Å²) in [6.45, 7) is 0. The molecule has 0 aliphatic heterocycles. The lowest BCUT2D eigenvalue weighted by Crippen LogP contribution is -2.15. The normalized spacial score (nSPS) is 16.3. The summed E-state index contributed by atoms with van der Waals surface area (Å²) < 4.78 is 6.90. The molecule has 0 bridgehead atoms. The van der Waals surface area contributed by atoms with Crippen LogP contribution in [-0.4, -0.2) is 39.5 Å². The van der Waals surface area contributed by atoms with E-state index in [0.717, 1.165) is 11.0 Å². The minimum atomic E-state index is -0.399. The number of carbonyl (C=O) groups is 2. The van der Waals surface area contributed by atoms with Crippen LogP contribution in [0.1, 0.15) is 53.8 Å². The Balaban J connectivity index is 1.35. The number of methoxy groups -OCH3 is 1. The Bertz CT molecular complexity index is 825. The van der Waals surface area contributed by atoms with Crippen molar-refractivity contribution in [1.82, 2.24) is 14.8 Å². The van der Waals surface area contributed by atoms with Crippen LogP contribution in [-0.2, 0) is 9.53 Å². The van der Waals surface area contributed by atoms with Gasteiger partial charge in [0.2, 0.25) is 5.91 Å². The van der Waals surface area contributed by atoms with E-state index < -0.39 is 5.97 Å². The van der Waals surface area contributed by atoms with Crippen molar-refractivity contribution in [2.45, 2.75) is 42.8 Å². The highest BCUT2D eigenvalue weighted by atomic mass is 32.2. The van der Waals surface area contributed by atoms with Gasteiger partial charge in [0.05, 0.1) is 18.4 Å². The van der Waals surface area contributed by atoms with Gasteiger partial charge in [0.1, 0.15) is 5.82 Å². The molecule has 0 radical (unpaired) electrons. The molecule has 2 fully saturated rings. The highest BCUT2D eigenvalue weighted by molar-refractivity contribution is 7.99. The van der Waals surface area contributed by atoms with Gasteiger partial charge in [-0.2, -0.15) is 0 Å². The summed E-state index contributed by atoms with van der Waals surface area (Å²) in [7, 11) is 1.34. The monoisotopic (exact) mass is 372 g/mol.